The molecule has 0 aromatic heterocycles. The third-order valence-electron chi connectivity index (χ3n) is 3.99. The number of hydrogen-bond donors (Lipinski definition) is 1. The van der Waals surface area contributed by atoms with Gasteiger partial charge in [0, 0.05) is 30.5 Å². The van der Waals surface area contributed by atoms with Crippen molar-refractivity contribution in [3.8, 4) is 0 Å². The van der Waals surface area contributed by atoms with Crippen LogP contribution in [0.4, 0.5) is 5.69 Å². The molecule has 1 saturated carbocycles. The highest BCUT2D eigenvalue weighted by molar-refractivity contribution is 9.10. The fraction of sp³-hybridized carbons (Fsp3) is 0.571. The van der Waals surface area contributed by atoms with Crippen LogP contribution in [0.5, 0.6) is 0 Å². The second kappa shape index (κ2) is 4.99. The van der Waals surface area contributed by atoms with Gasteiger partial charge in [-0.15, -0.1) is 0 Å². The van der Waals surface area contributed by atoms with Crippen molar-refractivity contribution in [3.05, 3.63) is 28.2 Å². The molecule has 0 radical (unpaired) electrons. The molecule has 94 valence electrons. The minimum absolute atomic E-state index is 0.228. The lowest BCUT2D eigenvalue weighted by Crippen LogP contribution is -2.32. The van der Waals surface area contributed by atoms with Gasteiger partial charge in [0.15, 0.2) is 0 Å². The molecule has 0 heterocycles. The molecule has 2 N–H and O–H groups in total. The third-order valence-corrected chi connectivity index (χ3v) is 4.66. The summed E-state index contributed by atoms with van der Waals surface area (Å²) in [6.07, 6.45) is 5.09. The van der Waals surface area contributed by atoms with Crippen LogP contribution < -0.4 is 10.6 Å². The maximum atomic E-state index is 6.04. The number of halogens is 1. The maximum Gasteiger partial charge on any atom is 0.0508 e. The van der Waals surface area contributed by atoms with Gasteiger partial charge in [0.1, 0.15) is 0 Å². The molecule has 17 heavy (non-hydrogen) atoms. The standard InChI is InChI=1S/C14H21BrN2/c1-17(2)13-9-11(5-6-12(13)15)14(10-16)7-3-4-8-14/h5-6,9H,3-4,7-8,10,16H2,1-2H3. The van der Waals surface area contributed by atoms with Crippen LogP contribution in [0.25, 0.3) is 0 Å². The Bertz CT molecular complexity index is 395. The zero-order valence-electron chi connectivity index (χ0n) is 10.7. The van der Waals surface area contributed by atoms with Crippen molar-refractivity contribution in [3.63, 3.8) is 0 Å². The van der Waals surface area contributed by atoms with Gasteiger partial charge < -0.3 is 10.6 Å². The number of rotatable bonds is 3. The van der Waals surface area contributed by atoms with E-state index in [4.69, 9.17) is 5.73 Å². The largest absolute Gasteiger partial charge is 0.377 e. The highest BCUT2D eigenvalue weighted by Gasteiger charge is 2.34. The molecule has 3 heteroatoms. The van der Waals surface area contributed by atoms with Crippen LogP contribution in [0.15, 0.2) is 22.7 Å². The third kappa shape index (κ3) is 2.36. The molecule has 0 spiro atoms. The molecule has 0 atom stereocenters. The Hall–Kier alpha value is -0.540. The Kier molecular flexibility index (Phi) is 3.79. The smallest absolute Gasteiger partial charge is 0.0508 e. The van der Waals surface area contributed by atoms with Crippen LogP contribution in [-0.2, 0) is 5.41 Å². The van der Waals surface area contributed by atoms with E-state index in [1.54, 1.807) is 0 Å². The lowest BCUT2D eigenvalue weighted by atomic mass is 9.79. The number of benzene rings is 1. The number of anilines is 1. The van der Waals surface area contributed by atoms with Crippen molar-refractivity contribution >= 4 is 21.6 Å². The van der Waals surface area contributed by atoms with E-state index < -0.39 is 0 Å². The Morgan fingerprint density at radius 2 is 1.94 bits per heavy atom. The molecule has 1 aromatic rings. The second-order valence-electron chi connectivity index (χ2n) is 5.25. The lowest BCUT2D eigenvalue weighted by molar-refractivity contribution is 0.453. The van der Waals surface area contributed by atoms with Crippen LogP contribution >= 0.6 is 15.9 Å². The van der Waals surface area contributed by atoms with Crippen LogP contribution in [0, 0.1) is 0 Å². The van der Waals surface area contributed by atoms with Crippen molar-refractivity contribution in [1.29, 1.82) is 0 Å². The van der Waals surface area contributed by atoms with Gasteiger partial charge in [-0.25, -0.2) is 0 Å². The molecule has 0 amide bonds. The normalized spacial score (nSPS) is 18.4. The van der Waals surface area contributed by atoms with E-state index in [1.165, 1.54) is 36.9 Å². The molecule has 0 bridgehead atoms. The van der Waals surface area contributed by atoms with Crippen molar-refractivity contribution in [2.24, 2.45) is 5.73 Å². The van der Waals surface area contributed by atoms with Gasteiger partial charge in [0.05, 0.1) is 5.69 Å². The summed E-state index contributed by atoms with van der Waals surface area (Å²) in [5, 5.41) is 0. The zero-order valence-corrected chi connectivity index (χ0v) is 12.3. The van der Waals surface area contributed by atoms with Gasteiger partial charge in [-0.2, -0.15) is 0 Å². The first-order valence-electron chi connectivity index (χ1n) is 6.26. The summed E-state index contributed by atoms with van der Waals surface area (Å²) in [5.41, 5.74) is 8.91. The quantitative estimate of drug-likeness (QED) is 0.927. The van der Waals surface area contributed by atoms with Gasteiger partial charge in [-0.1, -0.05) is 18.9 Å². The zero-order chi connectivity index (χ0) is 12.5. The van der Waals surface area contributed by atoms with E-state index in [-0.39, 0.29) is 5.41 Å². The van der Waals surface area contributed by atoms with Crippen molar-refractivity contribution in [2.75, 3.05) is 25.5 Å². The molecule has 0 saturated heterocycles. The van der Waals surface area contributed by atoms with Crippen molar-refractivity contribution in [2.45, 2.75) is 31.1 Å². The average Bonchev–Trinajstić information content (AvgIpc) is 2.79. The van der Waals surface area contributed by atoms with Gasteiger partial charge >= 0.3 is 0 Å². The number of nitrogens with zero attached hydrogens (tertiary/aromatic N) is 1. The maximum absolute atomic E-state index is 6.04. The van der Waals surface area contributed by atoms with Crippen molar-refractivity contribution in [1.82, 2.24) is 0 Å². The summed E-state index contributed by atoms with van der Waals surface area (Å²) in [6, 6.07) is 6.68. The Morgan fingerprint density at radius 1 is 1.29 bits per heavy atom. The second-order valence-corrected chi connectivity index (χ2v) is 6.11. The van der Waals surface area contributed by atoms with E-state index in [1.807, 2.05) is 0 Å². The first kappa shape index (κ1) is 12.9. The molecule has 1 aromatic carbocycles. The predicted octanol–water partition coefficient (Wildman–Crippen LogP) is 3.29. The highest BCUT2D eigenvalue weighted by Crippen LogP contribution is 2.42. The molecule has 0 aliphatic heterocycles. The van der Waals surface area contributed by atoms with Crippen LogP contribution in [-0.4, -0.2) is 20.6 Å². The van der Waals surface area contributed by atoms with Gasteiger partial charge in [-0.3, -0.25) is 0 Å². The van der Waals surface area contributed by atoms with E-state index in [9.17, 15) is 0 Å². The van der Waals surface area contributed by atoms with Gasteiger partial charge in [0.25, 0.3) is 0 Å². The van der Waals surface area contributed by atoms with E-state index in [0.29, 0.717) is 0 Å². The number of hydrogen-bond acceptors (Lipinski definition) is 2. The first-order valence-corrected chi connectivity index (χ1v) is 7.06. The highest BCUT2D eigenvalue weighted by atomic mass is 79.9. The Labute approximate surface area is 112 Å². The average molecular weight is 297 g/mol. The molecule has 1 aliphatic rings. The predicted molar refractivity (Wildman–Crippen MR) is 77.7 cm³/mol. The van der Waals surface area contributed by atoms with E-state index in [0.717, 1.165) is 11.0 Å². The lowest BCUT2D eigenvalue weighted by Gasteiger charge is -2.29. The molecular formula is C14H21BrN2. The van der Waals surface area contributed by atoms with Crippen molar-refractivity contribution < 1.29 is 0 Å². The molecule has 2 nitrogen and oxygen atoms in total. The number of nitrogens with two attached hydrogens (primary N) is 1. The topological polar surface area (TPSA) is 29.3 Å². The monoisotopic (exact) mass is 296 g/mol. The van der Waals surface area contributed by atoms with E-state index in [2.05, 4.69) is 53.1 Å². The summed E-state index contributed by atoms with van der Waals surface area (Å²) in [6.45, 7) is 0.765. The Morgan fingerprint density at radius 3 is 2.47 bits per heavy atom. The van der Waals surface area contributed by atoms with Gasteiger partial charge in [0.2, 0.25) is 0 Å². The van der Waals surface area contributed by atoms with Crippen LogP contribution in [0.3, 0.4) is 0 Å². The fourth-order valence-electron chi connectivity index (χ4n) is 2.85. The molecule has 1 fully saturated rings. The molecular weight excluding hydrogens is 276 g/mol. The first-order chi connectivity index (χ1) is 8.09. The summed E-state index contributed by atoms with van der Waals surface area (Å²) in [7, 11) is 4.15. The molecule has 1 aliphatic carbocycles. The summed E-state index contributed by atoms with van der Waals surface area (Å²) >= 11 is 3.61. The SMILES string of the molecule is CN(C)c1cc(C2(CN)CCCC2)ccc1Br. The van der Waals surface area contributed by atoms with Gasteiger partial charge in [-0.05, 0) is 46.5 Å². The Balaban J connectivity index is 2.41. The van der Waals surface area contributed by atoms with Crippen LogP contribution in [0.2, 0.25) is 0 Å². The van der Waals surface area contributed by atoms with Crippen LogP contribution in [0.1, 0.15) is 31.2 Å². The minimum atomic E-state index is 0.228. The fourth-order valence-corrected chi connectivity index (χ4v) is 3.45. The summed E-state index contributed by atoms with van der Waals surface area (Å²) in [4.78, 5) is 2.15. The van der Waals surface area contributed by atoms with E-state index >= 15 is 0 Å². The summed E-state index contributed by atoms with van der Waals surface area (Å²) < 4.78 is 1.15. The molecule has 2 rings (SSSR count). The minimum Gasteiger partial charge on any atom is -0.377 e. The molecule has 0 unspecified atom stereocenters. The summed E-state index contributed by atoms with van der Waals surface area (Å²) in [5.74, 6) is 0.